The Bertz CT molecular complexity index is 788. The monoisotopic (exact) mass is 335 g/mol. The highest BCUT2D eigenvalue weighted by Gasteiger charge is 2.33. The number of benzene rings is 2. The van der Waals surface area contributed by atoms with Crippen LogP contribution in [0.1, 0.15) is 30.0 Å². The third-order valence-corrected chi connectivity index (χ3v) is 5.22. The molecule has 1 aliphatic heterocycles. The lowest BCUT2D eigenvalue weighted by Crippen LogP contribution is -2.47. The maximum atomic E-state index is 12.9. The second-order valence-electron chi connectivity index (χ2n) is 6.74. The molecule has 128 valence electrons. The number of nitrogens with one attached hydrogen (secondary N) is 1. The summed E-state index contributed by atoms with van der Waals surface area (Å²) in [5, 5.41) is 3.20. The minimum atomic E-state index is -0.450. The molecule has 1 atom stereocenters. The topological polar surface area (TPSA) is 75.4 Å². The van der Waals surface area contributed by atoms with Crippen molar-refractivity contribution in [2.45, 2.75) is 18.9 Å². The maximum Gasteiger partial charge on any atom is 0.314 e. The molecular formula is C20H21N3O2. The smallest absolute Gasteiger partial charge is 0.314 e. The first-order chi connectivity index (χ1) is 12.1. The van der Waals surface area contributed by atoms with Crippen molar-refractivity contribution in [2.75, 3.05) is 13.1 Å². The number of nitrogens with zero attached hydrogens (tertiary/aromatic N) is 1. The van der Waals surface area contributed by atoms with Crippen LogP contribution in [0.2, 0.25) is 0 Å². The molecule has 3 amide bonds. The van der Waals surface area contributed by atoms with Gasteiger partial charge < -0.3 is 16.0 Å². The summed E-state index contributed by atoms with van der Waals surface area (Å²) in [4.78, 5) is 25.8. The average molecular weight is 335 g/mol. The molecule has 0 spiro atoms. The number of primary amides is 1. The Morgan fingerprint density at radius 3 is 2.20 bits per heavy atom. The SMILES string of the molecule is NC(=O)N1CCCC(C(=O)NC2c3ccccc3-c3ccccc32)C1. The van der Waals surface area contributed by atoms with Crippen LogP contribution in [-0.2, 0) is 4.79 Å². The summed E-state index contributed by atoms with van der Waals surface area (Å²) < 4.78 is 0. The van der Waals surface area contributed by atoms with E-state index in [9.17, 15) is 9.59 Å². The number of piperidine rings is 1. The molecule has 1 saturated heterocycles. The van der Waals surface area contributed by atoms with Gasteiger partial charge in [0.1, 0.15) is 0 Å². The number of carbonyl (C=O) groups excluding carboxylic acids is 2. The van der Waals surface area contributed by atoms with E-state index in [1.54, 1.807) is 4.90 Å². The van der Waals surface area contributed by atoms with E-state index in [-0.39, 0.29) is 17.9 Å². The highest BCUT2D eigenvalue weighted by Crippen LogP contribution is 2.43. The van der Waals surface area contributed by atoms with Gasteiger partial charge in [0.15, 0.2) is 0 Å². The molecular weight excluding hydrogens is 314 g/mol. The van der Waals surface area contributed by atoms with Crippen molar-refractivity contribution in [1.29, 1.82) is 0 Å². The predicted octanol–water partition coefficient (Wildman–Crippen LogP) is 2.66. The lowest BCUT2D eigenvalue weighted by molar-refractivity contribution is -0.126. The summed E-state index contributed by atoms with van der Waals surface area (Å²) in [7, 11) is 0. The molecule has 2 aromatic carbocycles. The van der Waals surface area contributed by atoms with E-state index in [2.05, 4.69) is 29.6 Å². The number of fused-ring (bicyclic) bond motifs is 3. The normalized spacial score (nSPS) is 19.2. The van der Waals surface area contributed by atoms with Crippen LogP contribution in [0.3, 0.4) is 0 Å². The zero-order chi connectivity index (χ0) is 17.4. The summed E-state index contributed by atoms with van der Waals surface area (Å²) in [6.45, 7) is 1.03. The van der Waals surface area contributed by atoms with Crippen LogP contribution < -0.4 is 11.1 Å². The number of nitrogens with two attached hydrogens (primary N) is 1. The molecule has 1 unspecified atom stereocenters. The molecule has 3 N–H and O–H groups in total. The van der Waals surface area contributed by atoms with Gasteiger partial charge in [-0.3, -0.25) is 4.79 Å². The zero-order valence-corrected chi connectivity index (χ0v) is 13.9. The molecule has 0 bridgehead atoms. The Morgan fingerprint density at radius 2 is 1.60 bits per heavy atom. The molecule has 2 aromatic rings. The fourth-order valence-corrected chi connectivity index (χ4v) is 3.96. The molecule has 0 aromatic heterocycles. The first-order valence-electron chi connectivity index (χ1n) is 8.68. The minimum Gasteiger partial charge on any atom is -0.351 e. The number of hydrogen-bond acceptors (Lipinski definition) is 2. The molecule has 5 heteroatoms. The largest absolute Gasteiger partial charge is 0.351 e. The maximum absolute atomic E-state index is 12.9. The van der Waals surface area contributed by atoms with E-state index < -0.39 is 6.03 Å². The van der Waals surface area contributed by atoms with Crippen molar-refractivity contribution >= 4 is 11.9 Å². The molecule has 5 nitrogen and oxygen atoms in total. The van der Waals surface area contributed by atoms with E-state index in [1.165, 1.54) is 11.1 Å². The van der Waals surface area contributed by atoms with Gasteiger partial charge in [-0.1, -0.05) is 48.5 Å². The molecule has 2 aliphatic rings. The van der Waals surface area contributed by atoms with Gasteiger partial charge in [-0.15, -0.1) is 0 Å². The van der Waals surface area contributed by atoms with Crippen molar-refractivity contribution in [1.82, 2.24) is 10.2 Å². The van der Waals surface area contributed by atoms with E-state index in [0.717, 1.165) is 24.0 Å². The molecule has 1 fully saturated rings. The molecule has 0 radical (unpaired) electrons. The second-order valence-corrected chi connectivity index (χ2v) is 6.74. The molecule has 25 heavy (non-hydrogen) atoms. The summed E-state index contributed by atoms with van der Waals surface area (Å²) in [6, 6.07) is 15.8. The summed E-state index contributed by atoms with van der Waals surface area (Å²) in [5.41, 5.74) is 9.97. The van der Waals surface area contributed by atoms with Gasteiger partial charge in [0.2, 0.25) is 5.91 Å². The van der Waals surface area contributed by atoms with Crippen molar-refractivity contribution in [3.05, 3.63) is 59.7 Å². The number of hydrogen-bond donors (Lipinski definition) is 2. The third kappa shape index (κ3) is 2.76. The van der Waals surface area contributed by atoms with Crippen LogP contribution in [0.5, 0.6) is 0 Å². The molecule has 0 saturated carbocycles. The first kappa shape index (κ1) is 15.7. The van der Waals surface area contributed by atoms with Crippen LogP contribution in [0, 0.1) is 5.92 Å². The standard InChI is InChI=1S/C20H21N3O2/c21-20(25)23-11-5-6-13(12-23)19(24)22-18-16-9-3-1-7-14(16)15-8-2-4-10-17(15)18/h1-4,7-10,13,18H,5-6,11-12H2,(H2,21,25)(H,22,24). The average Bonchev–Trinajstić information content (AvgIpc) is 2.96. The Kier molecular flexibility index (Phi) is 3.92. The van der Waals surface area contributed by atoms with Gasteiger partial charge in [0, 0.05) is 13.1 Å². The zero-order valence-electron chi connectivity index (χ0n) is 13.9. The van der Waals surface area contributed by atoms with E-state index in [1.807, 2.05) is 24.3 Å². The van der Waals surface area contributed by atoms with Gasteiger partial charge in [-0.05, 0) is 35.1 Å². The van der Waals surface area contributed by atoms with Crippen molar-refractivity contribution < 1.29 is 9.59 Å². The van der Waals surface area contributed by atoms with E-state index >= 15 is 0 Å². The number of likely N-dealkylation sites (tertiary alicyclic amines) is 1. The van der Waals surface area contributed by atoms with Gasteiger partial charge >= 0.3 is 6.03 Å². The van der Waals surface area contributed by atoms with Crippen molar-refractivity contribution in [3.63, 3.8) is 0 Å². The number of carbonyl (C=O) groups is 2. The van der Waals surface area contributed by atoms with E-state index in [4.69, 9.17) is 5.73 Å². The second kappa shape index (κ2) is 6.24. The fraction of sp³-hybridized carbons (Fsp3) is 0.300. The highest BCUT2D eigenvalue weighted by atomic mass is 16.2. The Morgan fingerprint density at radius 1 is 1.00 bits per heavy atom. The van der Waals surface area contributed by atoms with Crippen molar-refractivity contribution in [3.8, 4) is 11.1 Å². The minimum absolute atomic E-state index is 0.0116. The summed E-state index contributed by atoms with van der Waals surface area (Å²) in [5.74, 6) is -0.219. The van der Waals surface area contributed by atoms with Crippen LogP contribution >= 0.6 is 0 Å². The Labute approximate surface area is 146 Å². The van der Waals surface area contributed by atoms with Gasteiger partial charge in [0.25, 0.3) is 0 Å². The van der Waals surface area contributed by atoms with Crippen molar-refractivity contribution in [2.24, 2.45) is 11.7 Å². The van der Waals surface area contributed by atoms with E-state index in [0.29, 0.717) is 13.1 Å². The predicted molar refractivity (Wildman–Crippen MR) is 95.7 cm³/mol. The Balaban J connectivity index is 1.58. The van der Waals surface area contributed by atoms with Gasteiger partial charge in [-0.2, -0.15) is 0 Å². The number of urea groups is 1. The molecule has 1 heterocycles. The first-order valence-corrected chi connectivity index (χ1v) is 8.68. The Hall–Kier alpha value is -2.82. The molecule has 4 rings (SSSR count). The lowest BCUT2D eigenvalue weighted by Gasteiger charge is -2.31. The summed E-state index contributed by atoms with van der Waals surface area (Å²) >= 11 is 0. The van der Waals surface area contributed by atoms with Crippen LogP contribution in [0.25, 0.3) is 11.1 Å². The fourth-order valence-electron chi connectivity index (χ4n) is 3.96. The lowest BCUT2D eigenvalue weighted by atomic mass is 9.96. The number of rotatable bonds is 2. The van der Waals surface area contributed by atoms with Crippen LogP contribution in [0.15, 0.2) is 48.5 Å². The van der Waals surface area contributed by atoms with Crippen LogP contribution in [0.4, 0.5) is 4.79 Å². The van der Waals surface area contributed by atoms with Gasteiger partial charge in [0.05, 0.1) is 12.0 Å². The molecule has 1 aliphatic carbocycles. The van der Waals surface area contributed by atoms with Crippen LogP contribution in [-0.4, -0.2) is 29.9 Å². The highest BCUT2D eigenvalue weighted by molar-refractivity contribution is 5.85. The summed E-state index contributed by atoms with van der Waals surface area (Å²) in [6.07, 6.45) is 1.59. The third-order valence-electron chi connectivity index (χ3n) is 5.22. The number of amides is 3. The van der Waals surface area contributed by atoms with Gasteiger partial charge in [-0.25, -0.2) is 4.79 Å². The quantitative estimate of drug-likeness (QED) is 0.885.